The Kier molecular flexibility index (Phi) is 6.95. The van der Waals surface area contributed by atoms with E-state index in [0.29, 0.717) is 5.71 Å². The summed E-state index contributed by atoms with van der Waals surface area (Å²) in [7, 11) is 0. The van der Waals surface area contributed by atoms with Gasteiger partial charge in [-0.05, 0) is 43.0 Å². The maximum absolute atomic E-state index is 12.4. The normalized spacial score (nSPS) is 15.1. The molecule has 0 heterocycles. The number of hydrogen-bond acceptors (Lipinski definition) is 3. The van der Waals surface area contributed by atoms with Crippen LogP contribution in [0.4, 0.5) is 5.69 Å². The van der Waals surface area contributed by atoms with Gasteiger partial charge in [0, 0.05) is 11.6 Å². The Bertz CT molecular complexity index is 840. The van der Waals surface area contributed by atoms with Gasteiger partial charge in [0.25, 0.3) is 0 Å². The van der Waals surface area contributed by atoms with Gasteiger partial charge >= 0.3 is 0 Å². The fraction of sp³-hybridized carbons (Fsp3) is 0.348. The van der Waals surface area contributed by atoms with Gasteiger partial charge in [0.05, 0.1) is 12.1 Å². The number of carbonyl (C=O) groups excluding carboxylic acids is 2. The van der Waals surface area contributed by atoms with Crippen molar-refractivity contribution in [3.8, 4) is 0 Å². The first-order valence-electron chi connectivity index (χ1n) is 9.90. The molecule has 3 rings (SSSR count). The molecule has 0 radical (unpaired) electrons. The lowest BCUT2D eigenvalue weighted by Gasteiger charge is -2.20. The molecule has 0 unspecified atom stereocenters. The first-order valence-corrected chi connectivity index (χ1v) is 9.90. The fourth-order valence-corrected chi connectivity index (χ4v) is 3.46. The summed E-state index contributed by atoms with van der Waals surface area (Å²) in [6.07, 6.45) is 5.72. The Morgan fingerprint density at radius 1 is 1.00 bits per heavy atom. The van der Waals surface area contributed by atoms with Crippen LogP contribution >= 0.6 is 0 Å². The number of anilines is 1. The van der Waals surface area contributed by atoms with Crippen LogP contribution in [0.1, 0.15) is 50.2 Å². The number of amides is 2. The molecule has 2 N–H and O–H groups in total. The minimum absolute atomic E-state index is 0.0996. The van der Waals surface area contributed by atoms with Crippen LogP contribution in [0.5, 0.6) is 0 Å². The zero-order valence-corrected chi connectivity index (χ0v) is 16.3. The molecule has 1 saturated carbocycles. The molecule has 0 spiro atoms. The molecule has 1 aliphatic carbocycles. The molecular formula is C23H27N3O2. The predicted molar refractivity (Wildman–Crippen MR) is 112 cm³/mol. The van der Waals surface area contributed by atoms with E-state index in [0.717, 1.165) is 42.5 Å². The van der Waals surface area contributed by atoms with Crippen LogP contribution in [0, 0.1) is 5.92 Å². The third-order valence-electron chi connectivity index (χ3n) is 5.08. The van der Waals surface area contributed by atoms with Crippen molar-refractivity contribution in [1.29, 1.82) is 0 Å². The summed E-state index contributed by atoms with van der Waals surface area (Å²) in [6, 6.07) is 17.1. The zero-order valence-electron chi connectivity index (χ0n) is 16.3. The number of rotatable bonds is 6. The van der Waals surface area contributed by atoms with Crippen molar-refractivity contribution in [3.05, 3.63) is 65.7 Å². The lowest BCUT2D eigenvalue weighted by Crippen LogP contribution is -2.24. The first kappa shape index (κ1) is 19.8. The molecular weight excluding hydrogens is 350 g/mol. The number of hydrazone groups is 1. The maximum atomic E-state index is 12.4. The van der Waals surface area contributed by atoms with Crippen molar-refractivity contribution >= 4 is 23.2 Å². The number of hydrogen-bond donors (Lipinski definition) is 2. The quantitative estimate of drug-likeness (QED) is 0.582. The SMILES string of the molecule is CC(=NNC(=O)Cc1ccccc1)c1cccc(NC(=O)C2CCCCC2)c1. The Morgan fingerprint density at radius 2 is 1.75 bits per heavy atom. The van der Waals surface area contributed by atoms with Crippen molar-refractivity contribution in [2.75, 3.05) is 5.32 Å². The van der Waals surface area contributed by atoms with Crippen LogP contribution < -0.4 is 10.7 Å². The van der Waals surface area contributed by atoms with E-state index in [2.05, 4.69) is 15.8 Å². The largest absolute Gasteiger partial charge is 0.326 e. The second-order valence-corrected chi connectivity index (χ2v) is 7.30. The summed E-state index contributed by atoms with van der Waals surface area (Å²) in [5.41, 5.74) is 5.86. The summed E-state index contributed by atoms with van der Waals surface area (Å²) in [5.74, 6) is 0.0550. The summed E-state index contributed by atoms with van der Waals surface area (Å²) in [5, 5.41) is 7.23. The minimum atomic E-state index is -0.160. The molecule has 28 heavy (non-hydrogen) atoms. The third kappa shape index (κ3) is 5.78. The molecule has 1 aliphatic rings. The van der Waals surface area contributed by atoms with Gasteiger partial charge in [-0.25, -0.2) is 5.43 Å². The molecule has 0 aromatic heterocycles. The average molecular weight is 377 g/mol. The molecule has 0 bridgehead atoms. The van der Waals surface area contributed by atoms with Crippen LogP contribution in [0.15, 0.2) is 59.7 Å². The number of benzene rings is 2. The first-order chi connectivity index (χ1) is 13.6. The zero-order chi connectivity index (χ0) is 19.8. The summed E-state index contributed by atoms with van der Waals surface area (Å²) >= 11 is 0. The van der Waals surface area contributed by atoms with Gasteiger partial charge in [-0.15, -0.1) is 0 Å². The second kappa shape index (κ2) is 9.83. The smallest absolute Gasteiger partial charge is 0.244 e. The van der Waals surface area contributed by atoms with E-state index in [1.54, 1.807) is 0 Å². The van der Waals surface area contributed by atoms with E-state index in [1.165, 1.54) is 6.42 Å². The van der Waals surface area contributed by atoms with Crippen LogP contribution in [0.2, 0.25) is 0 Å². The summed E-state index contributed by atoms with van der Waals surface area (Å²) < 4.78 is 0. The molecule has 0 aliphatic heterocycles. The van der Waals surface area contributed by atoms with Gasteiger partial charge in [-0.1, -0.05) is 61.7 Å². The highest BCUT2D eigenvalue weighted by Crippen LogP contribution is 2.25. The number of nitrogens with one attached hydrogen (secondary N) is 2. The third-order valence-corrected chi connectivity index (χ3v) is 5.08. The summed E-state index contributed by atoms with van der Waals surface area (Å²) in [6.45, 7) is 1.84. The van der Waals surface area contributed by atoms with Gasteiger partial charge in [0.1, 0.15) is 0 Å². The topological polar surface area (TPSA) is 70.6 Å². The van der Waals surface area contributed by atoms with Crippen molar-refractivity contribution in [3.63, 3.8) is 0 Å². The van der Waals surface area contributed by atoms with Crippen LogP contribution in [0.25, 0.3) is 0 Å². The van der Waals surface area contributed by atoms with Crippen molar-refractivity contribution in [2.24, 2.45) is 11.0 Å². The van der Waals surface area contributed by atoms with Gasteiger partial charge in [0.15, 0.2) is 0 Å². The van der Waals surface area contributed by atoms with Gasteiger partial charge in [-0.3, -0.25) is 9.59 Å². The van der Waals surface area contributed by atoms with E-state index < -0.39 is 0 Å². The molecule has 1 fully saturated rings. The molecule has 0 atom stereocenters. The van der Waals surface area contributed by atoms with Gasteiger partial charge < -0.3 is 5.32 Å². The number of carbonyl (C=O) groups is 2. The van der Waals surface area contributed by atoms with E-state index in [4.69, 9.17) is 0 Å². The van der Waals surface area contributed by atoms with Crippen molar-refractivity contribution < 1.29 is 9.59 Å². The number of nitrogens with zero attached hydrogens (tertiary/aromatic N) is 1. The van der Waals surface area contributed by atoms with Crippen LogP contribution in [-0.2, 0) is 16.0 Å². The highest BCUT2D eigenvalue weighted by atomic mass is 16.2. The Morgan fingerprint density at radius 3 is 2.50 bits per heavy atom. The van der Waals surface area contributed by atoms with Gasteiger partial charge in [0.2, 0.25) is 11.8 Å². The minimum Gasteiger partial charge on any atom is -0.326 e. The van der Waals surface area contributed by atoms with Crippen LogP contribution in [0.3, 0.4) is 0 Å². The average Bonchev–Trinajstić information content (AvgIpc) is 2.73. The molecule has 5 nitrogen and oxygen atoms in total. The van der Waals surface area contributed by atoms with E-state index in [9.17, 15) is 9.59 Å². The van der Waals surface area contributed by atoms with E-state index in [1.807, 2.05) is 61.5 Å². The predicted octanol–water partition coefficient (Wildman–Crippen LogP) is 4.29. The standard InChI is InChI=1S/C23H27N3O2/c1-17(25-26-22(27)15-18-9-4-2-5-10-18)20-13-8-14-21(16-20)24-23(28)19-11-6-3-7-12-19/h2,4-5,8-10,13-14,16,19H,3,6-7,11-12,15H2,1H3,(H,24,28)(H,26,27). The Labute approximate surface area is 166 Å². The molecule has 0 saturated heterocycles. The molecule has 2 amide bonds. The molecule has 5 heteroatoms. The lowest BCUT2D eigenvalue weighted by molar-refractivity contribution is -0.121. The second-order valence-electron chi connectivity index (χ2n) is 7.30. The summed E-state index contributed by atoms with van der Waals surface area (Å²) in [4.78, 5) is 24.5. The fourth-order valence-electron chi connectivity index (χ4n) is 3.46. The molecule has 2 aromatic rings. The Balaban J connectivity index is 1.58. The van der Waals surface area contributed by atoms with Crippen LogP contribution in [-0.4, -0.2) is 17.5 Å². The van der Waals surface area contributed by atoms with E-state index >= 15 is 0 Å². The molecule has 2 aromatic carbocycles. The lowest BCUT2D eigenvalue weighted by atomic mass is 9.88. The highest BCUT2D eigenvalue weighted by molar-refractivity contribution is 6.01. The highest BCUT2D eigenvalue weighted by Gasteiger charge is 2.21. The maximum Gasteiger partial charge on any atom is 0.244 e. The van der Waals surface area contributed by atoms with Crippen molar-refractivity contribution in [1.82, 2.24) is 5.43 Å². The monoisotopic (exact) mass is 377 g/mol. The van der Waals surface area contributed by atoms with Gasteiger partial charge in [-0.2, -0.15) is 5.10 Å². The van der Waals surface area contributed by atoms with E-state index in [-0.39, 0.29) is 24.2 Å². The Hall–Kier alpha value is -2.95. The molecule has 146 valence electrons. The van der Waals surface area contributed by atoms with Crippen molar-refractivity contribution in [2.45, 2.75) is 45.4 Å².